The molecule has 2 fully saturated rings. The highest BCUT2D eigenvalue weighted by atomic mass is 35.5. The van der Waals surface area contributed by atoms with Crippen LogP contribution in [0.4, 0.5) is 0 Å². The van der Waals surface area contributed by atoms with Gasteiger partial charge in [-0.05, 0) is 30.5 Å². The highest BCUT2D eigenvalue weighted by Gasteiger charge is 2.43. The van der Waals surface area contributed by atoms with Gasteiger partial charge in [0.25, 0.3) is 0 Å². The molecule has 0 spiro atoms. The molecule has 1 saturated heterocycles. The van der Waals surface area contributed by atoms with Crippen molar-refractivity contribution in [2.24, 2.45) is 0 Å². The van der Waals surface area contributed by atoms with Crippen LogP contribution in [0.15, 0.2) is 23.1 Å². The van der Waals surface area contributed by atoms with E-state index in [1.165, 1.54) is 12.1 Å². The van der Waals surface area contributed by atoms with Crippen LogP contribution in [0.25, 0.3) is 0 Å². The van der Waals surface area contributed by atoms with Crippen molar-refractivity contribution in [3.63, 3.8) is 0 Å². The summed E-state index contributed by atoms with van der Waals surface area (Å²) in [6.45, 7) is 0.360. The normalized spacial score (nSPS) is 21.5. The second-order valence-corrected chi connectivity index (χ2v) is 8.55. The minimum Gasteiger partial charge on any atom is -0.481 e. The topological polar surface area (TPSA) is 80.7 Å². The van der Waals surface area contributed by atoms with Crippen LogP contribution < -0.4 is 0 Å². The number of hydrogen-bond acceptors (Lipinski definition) is 4. The Morgan fingerprint density at radius 3 is 2.36 bits per heavy atom. The van der Waals surface area contributed by atoms with Crippen LogP contribution in [0.2, 0.25) is 5.02 Å². The quantitative estimate of drug-likeness (QED) is 0.907. The molecule has 1 N–H and O–H groups in total. The predicted molar refractivity (Wildman–Crippen MR) is 81.0 cm³/mol. The number of carbonyl (C=O) groups is 1. The number of carboxylic acid groups (broad SMARTS) is 1. The molecule has 120 valence electrons. The van der Waals surface area contributed by atoms with E-state index in [2.05, 4.69) is 0 Å². The first-order chi connectivity index (χ1) is 10.4. The number of carboxylic acids is 1. The van der Waals surface area contributed by atoms with Crippen molar-refractivity contribution >= 4 is 27.4 Å². The van der Waals surface area contributed by atoms with Gasteiger partial charge in [0.1, 0.15) is 5.25 Å². The predicted octanol–water partition coefficient (Wildman–Crippen LogP) is 2.41. The Labute approximate surface area is 134 Å². The molecule has 1 aromatic carbocycles. The first-order valence-corrected chi connectivity index (χ1v) is 9.15. The van der Waals surface area contributed by atoms with E-state index in [1.807, 2.05) is 0 Å². The zero-order valence-corrected chi connectivity index (χ0v) is 13.5. The maximum Gasteiger partial charge on any atom is 0.314 e. The van der Waals surface area contributed by atoms with Crippen LogP contribution in [-0.4, -0.2) is 38.0 Å². The van der Waals surface area contributed by atoms with Crippen LogP contribution in [0.1, 0.15) is 31.2 Å². The fourth-order valence-electron chi connectivity index (χ4n) is 3.21. The summed E-state index contributed by atoms with van der Waals surface area (Å²) in [5.41, 5.74) is -0.350. The zero-order chi connectivity index (χ0) is 16.0. The van der Waals surface area contributed by atoms with Crippen molar-refractivity contribution in [3.05, 3.63) is 28.8 Å². The number of sulfone groups is 1. The van der Waals surface area contributed by atoms with Gasteiger partial charge in [0.2, 0.25) is 0 Å². The molecule has 0 bridgehead atoms. The lowest BCUT2D eigenvalue weighted by molar-refractivity contribution is -0.143. The van der Waals surface area contributed by atoms with Gasteiger partial charge in [0, 0.05) is 0 Å². The van der Waals surface area contributed by atoms with Gasteiger partial charge >= 0.3 is 5.97 Å². The van der Waals surface area contributed by atoms with E-state index in [1.54, 1.807) is 6.07 Å². The van der Waals surface area contributed by atoms with E-state index in [9.17, 15) is 18.3 Å². The Hall–Kier alpha value is -1.11. The molecule has 1 aromatic rings. The standard InChI is InChI=1S/C15H17ClO5S/c16-12-7-10(15(14(17)18)5-1-2-6-15)3-4-13(12)22(19,20)11-8-21-9-11/h3-4,7,11H,1-2,5-6,8-9H2,(H,17,18). The lowest BCUT2D eigenvalue weighted by atomic mass is 9.79. The molecule has 2 aliphatic rings. The Bertz CT molecular complexity index is 703. The molecule has 5 nitrogen and oxygen atoms in total. The van der Waals surface area contributed by atoms with Crippen LogP contribution in [0.3, 0.4) is 0 Å². The van der Waals surface area contributed by atoms with Crippen LogP contribution >= 0.6 is 11.6 Å². The molecule has 1 aliphatic heterocycles. The third kappa shape index (κ3) is 2.33. The summed E-state index contributed by atoms with van der Waals surface area (Å²) in [6, 6.07) is 4.54. The Morgan fingerprint density at radius 1 is 1.27 bits per heavy atom. The summed E-state index contributed by atoms with van der Waals surface area (Å²) in [5, 5.41) is 9.13. The monoisotopic (exact) mass is 344 g/mol. The molecule has 0 atom stereocenters. The third-order valence-electron chi connectivity index (χ3n) is 4.70. The van der Waals surface area contributed by atoms with Crippen molar-refractivity contribution in [2.75, 3.05) is 13.2 Å². The van der Waals surface area contributed by atoms with Crippen molar-refractivity contribution < 1.29 is 23.1 Å². The summed E-state index contributed by atoms with van der Waals surface area (Å²) >= 11 is 6.17. The van der Waals surface area contributed by atoms with Crippen molar-refractivity contribution in [3.8, 4) is 0 Å². The molecule has 7 heteroatoms. The van der Waals surface area contributed by atoms with Crippen molar-refractivity contribution in [1.82, 2.24) is 0 Å². The zero-order valence-electron chi connectivity index (χ0n) is 11.9. The van der Waals surface area contributed by atoms with E-state index >= 15 is 0 Å². The molecule has 1 heterocycles. The molecule has 22 heavy (non-hydrogen) atoms. The molecule has 0 unspecified atom stereocenters. The number of hydrogen-bond donors (Lipinski definition) is 1. The van der Waals surface area contributed by atoms with Gasteiger partial charge in [-0.3, -0.25) is 4.79 Å². The smallest absolute Gasteiger partial charge is 0.314 e. The summed E-state index contributed by atoms with van der Waals surface area (Å²) in [6.07, 6.45) is 2.81. The summed E-state index contributed by atoms with van der Waals surface area (Å²) in [5.74, 6) is -0.871. The molecular weight excluding hydrogens is 328 g/mol. The lowest BCUT2D eigenvalue weighted by Crippen LogP contribution is -2.40. The maximum absolute atomic E-state index is 12.4. The Kier molecular flexibility index (Phi) is 3.95. The molecule has 1 aliphatic carbocycles. The number of rotatable bonds is 4. The van der Waals surface area contributed by atoms with Crippen LogP contribution in [-0.2, 0) is 24.8 Å². The molecule has 0 radical (unpaired) electrons. The van der Waals surface area contributed by atoms with Crippen molar-refractivity contribution in [1.29, 1.82) is 0 Å². The van der Waals surface area contributed by atoms with E-state index in [0.29, 0.717) is 18.4 Å². The first kappa shape index (κ1) is 15.8. The highest BCUT2D eigenvalue weighted by Crippen LogP contribution is 2.43. The van der Waals surface area contributed by atoms with Gasteiger partial charge < -0.3 is 9.84 Å². The molecular formula is C15H17ClO5S. The van der Waals surface area contributed by atoms with Crippen molar-refractivity contribution in [2.45, 2.75) is 41.2 Å². The molecule has 3 rings (SSSR count). The Morgan fingerprint density at radius 2 is 1.91 bits per heavy atom. The summed E-state index contributed by atoms with van der Waals surface area (Å²) in [4.78, 5) is 11.8. The second kappa shape index (κ2) is 5.51. The SMILES string of the molecule is O=C(O)C1(c2ccc(S(=O)(=O)C3COC3)c(Cl)c2)CCCC1. The maximum atomic E-state index is 12.4. The number of benzene rings is 1. The minimum absolute atomic E-state index is 0.0600. The van der Waals surface area contributed by atoms with Crippen LogP contribution in [0.5, 0.6) is 0 Å². The number of ether oxygens (including phenoxy) is 1. The fraction of sp³-hybridized carbons (Fsp3) is 0.533. The van der Waals surface area contributed by atoms with E-state index in [-0.39, 0.29) is 23.1 Å². The molecule has 0 amide bonds. The van der Waals surface area contributed by atoms with Crippen LogP contribution in [0, 0.1) is 0 Å². The molecule has 0 aromatic heterocycles. The van der Waals surface area contributed by atoms with Gasteiger partial charge in [-0.25, -0.2) is 8.42 Å². The average molecular weight is 345 g/mol. The second-order valence-electron chi connectivity index (χ2n) is 5.94. The summed E-state index contributed by atoms with van der Waals surface area (Å²) < 4.78 is 29.7. The lowest BCUT2D eigenvalue weighted by Gasteiger charge is -2.27. The number of halogens is 1. The molecule has 1 saturated carbocycles. The Balaban J connectivity index is 2.01. The van der Waals surface area contributed by atoms with Gasteiger partial charge in [-0.2, -0.15) is 0 Å². The third-order valence-corrected chi connectivity index (χ3v) is 7.25. The highest BCUT2D eigenvalue weighted by molar-refractivity contribution is 7.92. The average Bonchev–Trinajstić information content (AvgIpc) is 2.85. The van der Waals surface area contributed by atoms with E-state index < -0.39 is 26.5 Å². The van der Waals surface area contributed by atoms with Gasteiger partial charge in [0.15, 0.2) is 9.84 Å². The first-order valence-electron chi connectivity index (χ1n) is 7.23. The minimum atomic E-state index is -3.52. The van der Waals surface area contributed by atoms with E-state index in [4.69, 9.17) is 16.3 Å². The largest absolute Gasteiger partial charge is 0.481 e. The van der Waals surface area contributed by atoms with Gasteiger partial charge in [0.05, 0.1) is 28.5 Å². The van der Waals surface area contributed by atoms with Gasteiger partial charge in [-0.15, -0.1) is 0 Å². The van der Waals surface area contributed by atoms with Gasteiger partial charge in [-0.1, -0.05) is 30.5 Å². The fourth-order valence-corrected chi connectivity index (χ4v) is 5.21. The van der Waals surface area contributed by atoms with E-state index in [0.717, 1.165) is 12.8 Å². The summed E-state index contributed by atoms with van der Waals surface area (Å²) in [7, 11) is -3.52. The number of aliphatic carboxylic acids is 1.